The van der Waals surface area contributed by atoms with Crippen molar-refractivity contribution in [1.29, 1.82) is 0 Å². The van der Waals surface area contributed by atoms with Crippen molar-refractivity contribution in [3.05, 3.63) is 30.5 Å². The van der Waals surface area contributed by atoms with E-state index in [1.807, 2.05) is 38.1 Å². The molecule has 0 aliphatic carbocycles. The Balaban J connectivity index is 2.33. The third-order valence-electron chi connectivity index (χ3n) is 4.29. The molecule has 0 bridgehead atoms. The maximum atomic E-state index is 13.0. The van der Waals surface area contributed by atoms with Crippen LogP contribution in [0.2, 0.25) is 0 Å². The van der Waals surface area contributed by atoms with Crippen LogP contribution in [0.1, 0.15) is 48.0 Å². The Hall–Kier alpha value is -2.14. The molecule has 1 amide bonds. The van der Waals surface area contributed by atoms with E-state index in [4.69, 9.17) is 9.47 Å². The van der Waals surface area contributed by atoms with Crippen LogP contribution in [0.4, 0.5) is 5.69 Å². The van der Waals surface area contributed by atoms with Crippen molar-refractivity contribution >= 4 is 22.5 Å². The maximum Gasteiger partial charge on any atom is 0.256 e. The second-order valence-corrected chi connectivity index (χ2v) is 7.93. The molecule has 1 aromatic heterocycles. The Kier molecular flexibility index (Phi) is 7.19. The highest BCUT2D eigenvalue weighted by Crippen LogP contribution is 2.32. The van der Waals surface area contributed by atoms with Gasteiger partial charge in [0.25, 0.3) is 5.91 Å². The number of hydrogen-bond acceptors (Lipinski definition) is 4. The number of anilines is 1. The van der Waals surface area contributed by atoms with E-state index in [-0.39, 0.29) is 5.91 Å². The molecule has 1 atom stereocenters. The number of rotatable bonds is 9. The Morgan fingerprint density at radius 2 is 1.93 bits per heavy atom. The van der Waals surface area contributed by atoms with E-state index in [1.54, 1.807) is 6.20 Å². The number of benzene rings is 1. The summed E-state index contributed by atoms with van der Waals surface area (Å²) in [6.07, 6.45) is 2.39. The molecular weight excluding hydrogens is 340 g/mol. The van der Waals surface area contributed by atoms with Gasteiger partial charge in [-0.1, -0.05) is 27.7 Å². The molecule has 5 heteroatoms. The summed E-state index contributed by atoms with van der Waals surface area (Å²) in [6, 6.07) is 7.55. The first-order valence-corrected chi connectivity index (χ1v) is 9.72. The zero-order chi connectivity index (χ0) is 20.0. The number of nitrogens with zero attached hydrogens (tertiary/aromatic N) is 1. The van der Waals surface area contributed by atoms with Gasteiger partial charge in [0.15, 0.2) is 0 Å². The fraction of sp³-hybridized carbons (Fsp3) is 0.545. The van der Waals surface area contributed by atoms with Gasteiger partial charge in [-0.3, -0.25) is 9.78 Å². The summed E-state index contributed by atoms with van der Waals surface area (Å²) in [5, 5.41) is 3.91. The van der Waals surface area contributed by atoms with Crippen LogP contribution in [0, 0.1) is 11.8 Å². The normalized spacial score (nSPS) is 13.8. The van der Waals surface area contributed by atoms with Gasteiger partial charge in [-0.2, -0.15) is 0 Å². The first-order chi connectivity index (χ1) is 12.8. The van der Waals surface area contributed by atoms with E-state index >= 15 is 0 Å². The molecule has 0 saturated heterocycles. The Morgan fingerprint density at radius 1 is 1.19 bits per heavy atom. The monoisotopic (exact) mass is 372 g/mol. The number of carbonyl (C=O) groups excluding carboxylic acids is 1. The van der Waals surface area contributed by atoms with Gasteiger partial charge in [0.1, 0.15) is 16.9 Å². The van der Waals surface area contributed by atoms with Gasteiger partial charge in [0, 0.05) is 18.2 Å². The topological polar surface area (TPSA) is 60.5 Å². The first kappa shape index (κ1) is 21.2. The van der Waals surface area contributed by atoms with E-state index in [2.05, 4.69) is 38.0 Å². The van der Waals surface area contributed by atoms with Gasteiger partial charge in [0.2, 0.25) is 0 Å². The van der Waals surface area contributed by atoms with E-state index in [1.165, 1.54) is 0 Å². The molecule has 2 rings (SSSR count). The molecule has 1 heterocycles. The van der Waals surface area contributed by atoms with Gasteiger partial charge < -0.3 is 14.8 Å². The summed E-state index contributed by atoms with van der Waals surface area (Å²) in [5.74, 6) is 1.36. The molecule has 27 heavy (non-hydrogen) atoms. The molecule has 0 aliphatic heterocycles. The van der Waals surface area contributed by atoms with Crippen molar-refractivity contribution in [2.24, 2.45) is 11.8 Å². The molecule has 0 saturated carbocycles. The van der Waals surface area contributed by atoms with Crippen molar-refractivity contribution < 1.29 is 14.3 Å². The summed E-state index contributed by atoms with van der Waals surface area (Å²) in [7, 11) is 0. The largest absolute Gasteiger partial charge is 0.491 e. The molecule has 0 unspecified atom stereocenters. The Bertz CT molecular complexity index is 773. The zero-order valence-electron chi connectivity index (χ0n) is 17.3. The van der Waals surface area contributed by atoms with Crippen LogP contribution in [-0.4, -0.2) is 29.7 Å². The Morgan fingerprint density at radius 3 is 2.56 bits per heavy atom. The second-order valence-electron chi connectivity index (χ2n) is 7.93. The average Bonchev–Trinajstić information content (AvgIpc) is 2.60. The predicted molar refractivity (Wildman–Crippen MR) is 110 cm³/mol. The predicted octanol–water partition coefficient (Wildman–Crippen LogP) is 5.05. The summed E-state index contributed by atoms with van der Waals surface area (Å²) in [6.45, 7) is 13.3. The van der Waals surface area contributed by atoms with Crippen molar-refractivity contribution in [3.8, 4) is 5.75 Å². The summed E-state index contributed by atoms with van der Waals surface area (Å²) >= 11 is 0. The first-order valence-electron chi connectivity index (χ1n) is 9.72. The lowest BCUT2D eigenvalue weighted by atomic mass is 9.93. The Labute approximate surface area is 162 Å². The van der Waals surface area contributed by atoms with Gasteiger partial charge in [-0.25, -0.2) is 0 Å². The van der Waals surface area contributed by atoms with Crippen molar-refractivity contribution in [1.82, 2.24) is 4.98 Å². The number of amides is 1. The molecule has 2 aromatic rings. The molecular formula is C22H32N2O3. The van der Waals surface area contributed by atoms with Gasteiger partial charge in [-0.05, 0) is 56.4 Å². The smallest absolute Gasteiger partial charge is 0.256 e. The number of aromatic nitrogens is 1. The van der Waals surface area contributed by atoms with E-state index in [0.717, 1.165) is 22.3 Å². The molecule has 148 valence electrons. The van der Waals surface area contributed by atoms with Crippen LogP contribution >= 0.6 is 0 Å². The van der Waals surface area contributed by atoms with Crippen LogP contribution < -0.4 is 10.1 Å². The summed E-state index contributed by atoms with van der Waals surface area (Å²) < 4.78 is 11.7. The van der Waals surface area contributed by atoms with Crippen LogP contribution in [-0.2, 0) is 9.53 Å². The van der Waals surface area contributed by atoms with Crippen molar-refractivity contribution in [3.63, 3.8) is 0 Å². The lowest BCUT2D eigenvalue weighted by Gasteiger charge is -2.30. The number of fused-ring (bicyclic) bond motifs is 1. The minimum Gasteiger partial charge on any atom is -0.491 e. The fourth-order valence-electron chi connectivity index (χ4n) is 3.20. The highest BCUT2D eigenvalue weighted by Gasteiger charge is 2.35. The maximum absolute atomic E-state index is 13.0. The number of pyridine rings is 1. The van der Waals surface area contributed by atoms with Crippen molar-refractivity contribution in [2.75, 3.05) is 18.5 Å². The molecule has 0 aliphatic rings. The quantitative estimate of drug-likeness (QED) is 0.669. The molecule has 0 spiro atoms. The van der Waals surface area contributed by atoms with E-state index < -0.39 is 5.60 Å². The lowest BCUT2D eigenvalue weighted by molar-refractivity contribution is -0.140. The highest BCUT2D eigenvalue weighted by molar-refractivity contribution is 6.05. The number of carbonyl (C=O) groups is 1. The standard InChI is InChI=1S/C22H32N2O3/c1-7-27-22(6,13-15(2)3)21(25)24-18-10-11-19(26-14-16(4)5)20-17(18)9-8-12-23-20/h8-12,15-16H,7,13-14H2,1-6H3,(H,24,25)/t22-/m0/s1. The molecule has 0 radical (unpaired) electrons. The van der Waals surface area contributed by atoms with E-state index in [9.17, 15) is 4.79 Å². The molecule has 5 nitrogen and oxygen atoms in total. The number of ether oxygens (including phenoxy) is 2. The third-order valence-corrected chi connectivity index (χ3v) is 4.29. The average molecular weight is 373 g/mol. The van der Waals surface area contributed by atoms with Crippen LogP contribution in [0.3, 0.4) is 0 Å². The minimum atomic E-state index is -0.871. The zero-order valence-corrected chi connectivity index (χ0v) is 17.3. The minimum absolute atomic E-state index is 0.140. The summed E-state index contributed by atoms with van der Waals surface area (Å²) in [4.78, 5) is 17.5. The molecule has 1 aromatic carbocycles. The fourth-order valence-corrected chi connectivity index (χ4v) is 3.20. The van der Waals surface area contributed by atoms with Gasteiger partial charge in [-0.15, -0.1) is 0 Å². The van der Waals surface area contributed by atoms with Crippen LogP contribution in [0.15, 0.2) is 30.5 Å². The molecule has 1 N–H and O–H groups in total. The second kappa shape index (κ2) is 9.18. The highest BCUT2D eigenvalue weighted by atomic mass is 16.5. The summed E-state index contributed by atoms with van der Waals surface area (Å²) in [5.41, 5.74) is 0.595. The molecule has 0 fully saturated rings. The van der Waals surface area contributed by atoms with Gasteiger partial charge in [0.05, 0.1) is 12.3 Å². The van der Waals surface area contributed by atoms with Crippen LogP contribution in [0.25, 0.3) is 10.9 Å². The number of hydrogen-bond donors (Lipinski definition) is 1. The van der Waals surface area contributed by atoms with Crippen LogP contribution in [0.5, 0.6) is 5.75 Å². The third kappa shape index (κ3) is 5.42. The SMILES string of the molecule is CCO[C@@](C)(CC(C)C)C(=O)Nc1ccc(OCC(C)C)c2ncccc12. The van der Waals surface area contributed by atoms with Crippen molar-refractivity contribution in [2.45, 2.75) is 53.6 Å². The lowest BCUT2D eigenvalue weighted by Crippen LogP contribution is -2.44. The van der Waals surface area contributed by atoms with Gasteiger partial charge >= 0.3 is 0 Å². The number of nitrogens with one attached hydrogen (secondary N) is 1. The van der Waals surface area contributed by atoms with E-state index in [0.29, 0.717) is 31.5 Å².